The monoisotopic (exact) mass is 303 g/mol. The van der Waals surface area contributed by atoms with Crippen molar-refractivity contribution < 1.29 is 9.18 Å². The summed E-state index contributed by atoms with van der Waals surface area (Å²) < 4.78 is 14.8. The third kappa shape index (κ3) is 2.62. The number of pyridine rings is 1. The molecule has 0 spiro atoms. The molecule has 1 aromatic carbocycles. The SMILES string of the molecule is NC[C@@H]1C[C@H](F)CN1C(=O)Cn1ccc2ccccc2c1=O. The third-order valence-corrected chi connectivity index (χ3v) is 4.15. The highest BCUT2D eigenvalue weighted by Crippen LogP contribution is 2.20. The molecule has 0 aliphatic carbocycles. The van der Waals surface area contributed by atoms with Gasteiger partial charge in [0.25, 0.3) is 5.56 Å². The van der Waals surface area contributed by atoms with E-state index in [1.165, 1.54) is 9.47 Å². The Labute approximate surface area is 127 Å². The van der Waals surface area contributed by atoms with Gasteiger partial charge in [0.15, 0.2) is 0 Å². The van der Waals surface area contributed by atoms with Gasteiger partial charge in [-0.05, 0) is 17.5 Å². The average Bonchev–Trinajstić information content (AvgIpc) is 2.91. The number of hydrogen-bond donors (Lipinski definition) is 1. The smallest absolute Gasteiger partial charge is 0.258 e. The van der Waals surface area contributed by atoms with E-state index in [0.29, 0.717) is 5.39 Å². The second-order valence-electron chi connectivity index (χ2n) is 5.60. The Bertz CT molecular complexity index is 758. The summed E-state index contributed by atoms with van der Waals surface area (Å²) in [6.07, 6.45) is 0.837. The first-order chi connectivity index (χ1) is 10.6. The predicted molar refractivity (Wildman–Crippen MR) is 82.3 cm³/mol. The highest BCUT2D eigenvalue weighted by molar-refractivity contribution is 5.82. The Morgan fingerprint density at radius 3 is 2.86 bits per heavy atom. The first-order valence-electron chi connectivity index (χ1n) is 7.32. The zero-order chi connectivity index (χ0) is 15.7. The topological polar surface area (TPSA) is 68.3 Å². The van der Waals surface area contributed by atoms with E-state index < -0.39 is 6.17 Å². The van der Waals surface area contributed by atoms with Crippen molar-refractivity contribution in [1.82, 2.24) is 9.47 Å². The van der Waals surface area contributed by atoms with Gasteiger partial charge >= 0.3 is 0 Å². The predicted octanol–water partition coefficient (Wildman–Crippen LogP) is 0.899. The standard InChI is InChI=1S/C16H18FN3O2/c17-12-7-13(8-18)20(9-12)15(21)10-19-6-5-11-3-1-2-4-14(11)16(19)22/h1-6,12-13H,7-10,18H2/t12-,13-/m0/s1. The van der Waals surface area contributed by atoms with Gasteiger partial charge in [-0.2, -0.15) is 0 Å². The molecule has 2 N–H and O–H groups in total. The number of amides is 1. The van der Waals surface area contributed by atoms with Crippen LogP contribution in [0.3, 0.4) is 0 Å². The Kier molecular flexibility index (Phi) is 3.94. The van der Waals surface area contributed by atoms with Crippen LogP contribution in [0.4, 0.5) is 4.39 Å². The summed E-state index contributed by atoms with van der Waals surface area (Å²) in [7, 11) is 0. The minimum atomic E-state index is -1.04. The molecular weight excluding hydrogens is 285 g/mol. The lowest BCUT2D eigenvalue weighted by Gasteiger charge is -2.23. The van der Waals surface area contributed by atoms with Crippen molar-refractivity contribution in [3.05, 3.63) is 46.9 Å². The molecule has 3 rings (SSSR count). The second-order valence-corrected chi connectivity index (χ2v) is 5.60. The van der Waals surface area contributed by atoms with Crippen molar-refractivity contribution >= 4 is 16.7 Å². The maximum absolute atomic E-state index is 13.5. The lowest BCUT2D eigenvalue weighted by Crippen LogP contribution is -2.42. The third-order valence-electron chi connectivity index (χ3n) is 4.15. The molecule has 116 valence electrons. The van der Waals surface area contributed by atoms with E-state index in [9.17, 15) is 14.0 Å². The molecule has 0 radical (unpaired) electrons. The molecular formula is C16H18FN3O2. The zero-order valence-corrected chi connectivity index (χ0v) is 12.1. The van der Waals surface area contributed by atoms with E-state index in [1.54, 1.807) is 24.4 Å². The van der Waals surface area contributed by atoms with Gasteiger partial charge in [-0.3, -0.25) is 9.59 Å². The molecule has 1 aliphatic rings. The summed E-state index contributed by atoms with van der Waals surface area (Å²) >= 11 is 0. The lowest BCUT2D eigenvalue weighted by molar-refractivity contribution is -0.132. The van der Waals surface area contributed by atoms with Crippen molar-refractivity contribution in [2.45, 2.75) is 25.2 Å². The van der Waals surface area contributed by atoms with Crippen LogP contribution in [0, 0.1) is 0 Å². The van der Waals surface area contributed by atoms with E-state index in [1.807, 2.05) is 12.1 Å². The number of carbonyl (C=O) groups excluding carboxylic acids is 1. The van der Waals surface area contributed by atoms with Crippen LogP contribution in [-0.4, -0.2) is 40.7 Å². The van der Waals surface area contributed by atoms with Gasteiger partial charge in [-0.25, -0.2) is 4.39 Å². The summed E-state index contributed by atoms with van der Waals surface area (Å²) in [5, 5.41) is 1.40. The highest BCUT2D eigenvalue weighted by Gasteiger charge is 2.34. The van der Waals surface area contributed by atoms with Gasteiger partial charge in [-0.1, -0.05) is 18.2 Å². The number of nitrogens with zero attached hydrogens (tertiary/aromatic N) is 2. The van der Waals surface area contributed by atoms with Crippen LogP contribution in [0.2, 0.25) is 0 Å². The highest BCUT2D eigenvalue weighted by atomic mass is 19.1. The lowest BCUT2D eigenvalue weighted by atomic mass is 10.2. The first-order valence-corrected chi connectivity index (χ1v) is 7.32. The molecule has 2 aromatic rings. The number of aromatic nitrogens is 1. The molecule has 1 amide bonds. The fourth-order valence-corrected chi connectivity index (χ4v) is 2.98. The summed E-state index contributed by atoms with van der Waals surface area (Å²) in [5.74, 6) is -0.270. The number of alkyl halides is 1. The van der Waals surface area contributed by atoms with Crippen LogP contribution in [0.1, 0.15) is 6.42 Å². The molecule has 1 saturated heterocycles. The number of nitrogens with two attached hydrogens (primary N) is 1. The Balaban J connectivity index is 1.85. The van der Waals surface area contributed by atoms with Gasteiger partial charge in [0.1, 0.15) is 12.7 Å². The van der Waals surface area contributed by atoms with Crippen LogP contribution in [0.5, 0.6) is 0 Å². The van der Waals surface area contributed by atoms with Gasteiger partial charge in [-0.15, -0.1) is 0 Å². The molecule has 1 fully saturated rings. The molecule has 2 atom stereocenters. The molecule has 5 nitrogen and oxygen atoms in total. The first kappa shape index (κ1) is 14.7. The number of likely N-dealkylation sites (tertiary alicyclic amines) is 1. The van der Waals surface area contributed by atoms with E-state index in [-0.39, 0.29) is 43.6 Å². The summed E-state index contributed by atoms with van der Waals surface area (Å²) in [5.41, 5.74) is 5.38. The van der Waals surface area contributed by atoms with E-state index >= 15 is 0 Å². The number of benzene rings is 1. The van der Waals surface area contributed by atoms with E-state index in [4.69, 9.17) is 5.73 Å². The summed E-state index contributed by atoms with van der Waals surface area (Å²) in [4.78, 5) is 26.2. The van der Waals surface area contributed by atoms with Crippen LogP contribution < -0.4 is 11.3 Å². The van der Waals surface area contributed by atoms with Crippen LogP contribution in [0.25, 0.3) is 10.8 Å². The quantitative estimate of drug-likeness (QED) is 0.916. The zero-order valence-electron chi connectivity index (χ0n) is 12.1. The Morgan fingerprint density at radius 1 is 1.32 bits per heavy atom. The largest absolute Gasteiger partial charge is 0.334 e. The van der Waals surface area contributed by atoms with Crippen LogP contribution in [0.15, 0.2) is 41.3 Å². The fraction of sp³-hybridized carbons (Fsp3) is 0.375. The second kappa shape index (κ2) is 5.88. The Morgan fingerprint density at radius 2 is 2.09 bits per heavy atom. The molecule has 2 heterocycles. The Hall–Kier alpha value is -2.21. The van der Waals surface area contributed by atoms with Crippen molar-refractivity contribution in [3.63, 3.8) is 0 Å². The van der Waals surface area contributed by atoms with Crippen molar-refractivity contribution in [2.75, 3.05) is 13.1 Å². The number of fused-ring (bicyclic) bond motifs is 1. The number of hydrogen-bond acceptors (Lipinski definition) is 3. The molecule has 22 heavy (non-hydrogen) atoms. The van der Waals surface area contributed by atoms with Crippen molar-refractivity contribution in [3.8, 4) is 0 Å². The summed E-state index contributed by atoms with van der Waals surface area (Å²) in [6.45, 7) is 0.203. The van der Waals surface area contributed by atoms with Gasteiger partial charge in [0, 0.05) is 30.6 Å². The number of rotatable bonds is 3. The minimum absolute atomic E-state index is 0.0586. The maximum atomic E-state index is 13.5. The fourth-order valence-electron chi connectivity index (χ4n) is 2.98. The number of carbonyl (C=O) groups is 1. The van der Waals surface area contributed by atoms with Crippen LogP contribution >= 0.6 is 0 Å². The molecule has 1 aromatic heterocycles. The summed E-state index contributed by atoms with van der Waals surface area (Å²) in [6, 6.07) is 8.74. The average molecular weight is 303 g/mol. The molecule has 0 unspecified atom stereocenters. The van der Waals surface area contributed by atoms with Gasteiger partial charge < -0.3 is 15.2 Å². The maximum Gasteiger partial charge on any atom is 0.258 e. The number of halogens is 1. The van der Waals surface area contributed by atoms with Gasteiger partial charge in [0.2, 0.25) is 5.91 Å². The molecule has 0 saturated carbocycles. The molecule has 6 heteroatoms. The molecule has 1 aliphatic heterocycles. The van der Waals surface area contributed by atoms with Crippen LogP contribution in [-0.2, 0) is 11.3 Å². The van der Waals surface area contributed by atoms with Gasteiger partial charge in [0.05, 0.1) is 6.54 Å². The van der Waals surface area contributed by atoms with Crippen molar-refractivity contribution in [1.29, 1.82) is 0 Å². The van der Waals surface area contributed by atoms with E-state index in [0.717, 1.165) is 5.39 Å². The normalized spacial score (nSPS) is 21.5. The minimum Gasteiger partial charge on any atom is -0.334 e. The van der Waals surface area contributed by atoms with Crippen molar-refractivity contribution in [2.24, 2.45) is 5.73 Å². The molecule has 0 bridgehead atoms. The van der Waals surface area contributed by atoms with E-state index in [2.05, 4.69) is 0 Å².